The topological polar surface area (TPSA) is 102 Å². The van der Waals surface area contributed by atoms with Gasteiger partial charge in [0.25, 0.3) is 0 Å². The molecule has 138 valence electrons. The van der Waals surface area contributed by atoms with Crippen LogP contribution in [-0.2, 0) is 17.8 Å². The molecule has 0 aliphatic heterocycles. The van der Waals surface area contributed by atoms with Gasteiger partial charge in [-0.05, 0) is 35.9 Å². The van der Waals surface area contributed by atoms with Crippen LogP contribution in [0.1, 0.15) is 16.1 Å². The Bertz CT molecular complexity index is 943. The van der Waals surface area contributed by atoms with E-state index in [4.69, 9.17) is 10.5 Å². The molecule has 9 heteroatoms. The number of rotatable bonds is 7. The first-order chi connectivity index (χ1) is 13.1. The van der Waals surface area contributed by atoms with Gasteiger partial charge in [0.15, 0.2) is 0 Å². The first kappa shape index (κ1) is 18.5. The molecule has 1 aromatic heterocycles. The molecule has 3 aromatic rings. The molecular weight excluding hydrogens is 369 g/mol. The summed E-state index contributed by atoms with van der Waals surface area (Å²) in [7, 11) is 0. The summed E-state index contributed by atoms with van der Waals surface area (Å²) in [6, 6.07) is 13.5. The van der Waals surface area contributed by atoms with Crippen LogP contribution in [0.2, 0.25) is 0 Å². The van der Waals surface area contributed by atoms with E-state index in [2.05, 4.69) is 20.7 Å². The second-order valence-corrected chi connectivity index (χ2v) is 6.55. The minimum atomic E-state index is -0.313. The fourth-order valence-electron chi connectivity index (χ4n) is 2.12. The van der Waals surface area contributed by atoms with E-state index >= 15 is 0 Å². The third-order valence-corrected chi connectivity index (χ3v) is 4.18. The fraction of sp³-hybridized carbons (Fsp3) is 0.111. The van der Waals surface area contributed by atoms with Crippen LogP contribution in [-0.4, -0.2) is 22.3 Å². The number of anilines is 1. The van der Waals surface area contributed by atoms with E-state index in [1.807, 2.05) is 0 Å². The van der Waals surface area contributed by atoms with Crippen molar-refractivity contribution in [3.8, 4) is 5.75 Å². The van der Waals surface area contributed by atoms with Crippen LogP contribution in [0.5, 0.6) is 5.75 Å². The molecule has 0 saturated carbocycles. The lowest BCUT2D eigenvalue weighted by atomic mass is 10.2. The van der Waals surface area contributed by atoms with Crippen LogP contribution in [0, 0.1) is 5.82 Å². The molecular formula is C18H16FN5O2S. The average Bonchev–Trinajstić information content (AvgIpc) is 3.07. The first-order valence-electron chi connectivity index (χ1n) is 7.96. The molecule has 0 spiro atoms. The minimum Gasteiger partial charge on any atom is -0.489 e. The van der Waals surface area contributed by atoms with Crippen molar-refractivity contribution in [1.29, 1.82) is 0 Å². The van der Waals surface area contributed by atoms with Crippen LogP contribution in [0.15, 0.2) is 53.6 Å². The number of aromatic nitrogens is 2. The molecule has 0 bridgehead atoms. The highest BCUT2D eigenvalue weighted by atomic mass is 32.1. The third kappa shape index (κ3) is 5.58. The zero-order valence-corrected chi connectivity index (χ0v) is 14.9. The molecule has 2 aromatic carbocycles. The summed E-state index contributed by atoms with van der Waals surface area (Å²) >= 11 is 1.16. The van der Waals surface area contributed by atoms with Gasteiger partial charge in [-0.2, -0.15) is 5.10 Å². The number of hydrogen-bond acceptors (Lipinski definition) is 7. The number of hydrogen-bond donors (Lipinski definition) is 2. The lowest BCUT2D eigenvalue weighted by Crippen LogP contribution is -2.19. The van der Waals surface area contributed by atoms with E-state index in [1.165, 1.54) is 12.3 Å². The Morgan fingerprint density at radius 3 is 2.70 bits per heavy atom. The minimum absolute atomic E-state index is 0.0645. The summed E-state index contributed by atoms with van der Waals surface area (Å²) < 4.78 is 19.1. The number of ether oxygens (including phenoxy) is 1. The van der Waals surface area contributed by atoms with Crippen LogP contribution < -0.4 is 15.9 Å². The number of nitrogens with two attached hydrogens (primary N) is 1. The van der Waals surface area contributed by atoms with Crippen molar-refractivity contribution in [1.82, 2.24) is 15.6 Å². The van der Waals surface area contributed by atoms with Crippen LogP contribution in [0.25, 0.3) is 0 Å². The normalized spacial score (nSPS) is 10.9. The highest BCUT2D eigenvalue weighted by Gasteiger charge is 2.07. The van der Waals surface area contributed by atoms with Crippen molar-refractivity contribution in [3.05, 3.63) is 70.5 Å². The maximum absolute atomic E-state index is 13.6. The van der Waals surface area contributed by atoms with Gasteiger partial charge in [-0.3, -0.25) is 4.79 Å². The predicted octanol–water partition coefficient (Wildman–Crippen LogP) is 2.53. The Morgan fingerprint density at radius 1 is 1.22 bits per heavy atom. The molecule has 0 radical (unpaired) electrons. The summed E-state index contributed by atoms with van der Waals surface area (Å²) in [6.07, 6.45) is 1.57. The van der Waals surface area contributed by atoms with E-state index < -0.39 is 0 Å². The van der Waals surface area contributed by atoms with Gasteiger partial charge in [0.1, 0.15) is 23.2 Å². The quantitative estimate of drug-likeness (QED) is 0.481. The number of nitrogens with one attached hydrogen (secondary N) is 1. The number of nitrogen functional groups attached to an aromatic ring is 1. The van der Waals surface area contributed by atoms with Crippen molar-refractivity contribution in [2.75, 3.05) is 5.73 Å². The highest BCUT2D eigenvalue weighted by molar-refractivity contribution is 7.15. The van der Waals surface area contributed by atoms with Crippen molar-refractivity contribution >= 4 is 28.6 Å². The second kappa shape index (κ2) is 8.86. The number of halogens is 1. The van der Waals surface area contributed by atoms with Crippen molar-refractivity contribution in [2.45, 2.75) is 13.0 Å². The number of carbonyl (C=O) groups excluding carboxylic acids is 1. The van der Waals surface area contributed by atoms with E-state index in [0.29, 0.717) is 21.5 Å². The summed E-state index contributed by atoms with van der Waals surface area (Å²) in [5.74, 6) is -0.00579. The molecule has 0 aliphatic carbocycles. The molecule has 0 unspecified atom stereocenters. The molecule has 0 aliphatic rings. The van der Waals surface area contributed by atoms with Crippen molar-refractivity contribution < 1.29 is 13.9 Å². The van der Waals surface area contributed by atoms with Crippen molar-refractivity contribution in [3.63, 3.8) is 0 Å². The molecule has 3 rings (SSSR count). The van der Waals surface area contributed by atoms with Gasteiger partial charge in [-0.15, -0.1) is 10.2 Å². The summed E-state index contributed by atoms with van der Waals surface area (Å²) in [5, 5.41) is 12.1. The molecule has 3 N–H and O–H groups in total. The summed E-state index contributed by atoms with van der Waals surface area (Å²) in [6.45, 7) is 0.145. The van der Waals surface area contributed by atoms with Gasteiger partial charge in [-0.25, -0.2) is 9.82 Å². The van der Waals surface area contributed by atoms with Gasteiger partial charge in [0.2, 0.25) is 11.0 Å². The monoisotopic (exact) mass is 385 g/mol. The van der Waals surface area contributed by atoms with Gasteiger partial charge in [0, 0.05) is 5.56 Å². The van der Waals surface area contributed by atoms with Crippen LogP contribution in [0.4, 0.5) is 9.52 Å². The molecule has 0 atom stereocenters. The Balaban J connectivity index is 1.47. The number of nitrogens with zero attached hydrogens (tertiary/aromatic N) is 3. The van der Waals surface area contributed by atoms with E-state index in [1.54, 1.807) is 42.5 Å². The lowest BCUT2D eigenvalue weighted by molar-refractivity contribution is -0.120. The number of amides is 1. The van der Waals surface area contributed by atoms with E-state index in [0.717, 1.165) is 16.9 Å². The van der Waals surface area contributed by atoms with Gasteiger partial charge < -0.3 is 10.5 Å². The second-order valence-electron chi connectivity index (χ2n) is 5.45. The number of hydrazone groups is 1. The highest BCUT2D eigenvalue weighted by Crippen LogP contribution is 2.15. The lowest BCUT2D eigenvalue weighted by Gasteiger charge is -2.07. The van der Waals surface area contributed by atoms with Crippen LogP contribution >= 0.6 is 11.3 Å². The zero-order chi connectivity index (χ0) is 19.1. The Morgan fingerprint density at radius 2 is 2.00 bits per heavy atom. The van der Waals surface area contributed by atoms with E-state index in [-0.39, 0.29) is 24.8 Å². The maximum atomic E-state index is 13.6. The summed E-state index contributed by atoms with van der Waals surface area (Å²) in [5.41, 5.74) is 9.13. The fourth-order valence-corrected chi connectivity index (χ4v) is 2.73. The number of carbonyl (C=O) groups is 1. The van der Waals surface area contributed by atoms with Gasteiger partial charge >= 0.3 is 0 Å². The van der Waals surface area contributed by atoms with E-state index in [9.17, 15) is 9.18 Å². The SMILES string of the molecule is Nc1nnc(CC(=O)NN=Cc2ccc(OCc3ccccc3F)cc2)s1. The standard InChI is InChI=1S/C18H16FN5O2S/c19-15-4-2-1-3-13(15)11-26-14-7-5-12(6-8-14)10-21-22-16(25)9-17-23-24-18(20)27-17/h1-8,10H,9,11H2,(H2,20,24)(H,22,25). The molecule has 7 nitrogen and oxygen atoms in total. The average molecular weight is 385 g/mol. The molecule has 0 saturated heterocycles. The molecule has 0 fully saturated rings. The number of benzene rings is 2. The Hall–Kier alpha value is -3.33. The van der Waals surface area contributed by atoms with Gasteiger partial charge in [0.05, 0.1) is 12.6 Å². The van der Waals surface area contributed by atoms with Crippen LogP contribution in [0.3, 0.4) is 0 Å². The zero-order valence-electron chi connectivity index (χ0n) is 14.1. The third-order valence-electron chi connectivity index (χ3n) is 3.43. The van der Waals surface area contributed by atoms with Gasteiger partial charge in [-0.1, -0.05) is 29.5 Å². The smallest absolute Gasteiger partial charge is 0.247 e. The maximum Gasteiger partial charge on any atom is 0.247 e. The molecule has 27 heavy (non-hydrogen) atoms. The first-order valence-corrected chi connectivity index (χ1v) is 8.78. The predicted molar refractivity (Wildman–Crippen MR) is 101 cm³/mol. The molecule has 1 heterocycles. The Kier molecular flexibility index (Phi) is 6.06. The molecule has 1 amide bonds. The van der Waals surface area contributed by atoms with Crippen molar-refractivity contribution in [2.24, 2.45) is 5.10 Å². The Labute approximate surface area is 158 Å². The largest absolute Gasteiger partial charge is 0.489 e. The summed E-state index contributed by atoms with van der Waals surface area (Å²) in [4.78, 5) is 11.7.